The summed E-state index contributed by atoms with van der Waals surface area (Å²) in [5.41, 5.74) is 8.32. The number of carbonyl (C=O) groups excluding carboxylic acids is 1. The summed E-state index contributed by atoms with van der Waals surface area (Å²) in [5.74, 6) is -0.232. The van der Waals surface area contributed by atoms with Gasteiger partial charge in [-0.25, -0.2) is 0 Å². The fraction of sp³-hybridized carbons (Fsp3) is 0.533. The quantitative estimate of drug-likeness (QED) is 0.756. The van der Waals surface area contributed by atoms with Crippen LogP contribution in [-0.4, -0.2) is 12.6 Å². The molecule has 2 N–H and O–H groups in total. The molecule has 0 unspecified atom stereocenters. The van der Waals surface area contributed by atoms with Gasteiger partial charge in [0.2, 0.25) is 0 Å². The van der Waals surface area contributed by atoms with Gasteiger partial charge in [0.25, 0.3) is 0 Å². The Morgan fingerprint density at radius 1 is 1.39 bits per heavy atom. The van der Waals surface area contributed by atoms with Crippen molar-refractivity contribution in [3.63, 3.8) is 0 Å². The second-order valence-corrected chi connectivity index (χ2v) is 4.46. The van der Waals surface area contributed by atoms with E-state index in [1.165, 1.54) is 18.4 Å². The summed E-state index contributed by atoms with van der Waals surface area (Å²) in [5, 5.41) is 0. The lowest BCUT2D eigenvalue weighted by Crippen LogP contribution is -2.17. The van der Waals surface area contributed by atoms with E-state index in [1.54, 1.807) is 6.92 Å². The Morgan fingerprint density at radius 2 is 2.17 bits per heavy atom. The van der Waals surface area contributed by atoms with Crippen molar-refractivity contribution in [2.45, 2.75) is 45.6 Å². The fourth-order valence-electron chi connectivity index (χ4n) is 1.88. The van der Waals surface area contributed by atoms with Crippen LogP contribution in [0, 0.1) is 0 Å². The van der Waals surface area contributed by atoms with E-state index in [0.29, 0.717) is 6.61 Å². The molecule has 0 saturated carbocycles. The summed E-state index contributed by atoms with van der Waals surface area (Å²) >= 11 is 0. The highest BCUT2D eigenvalue weighted by Gasteiger charge is 2.12. The Balaban J connectivity index is 2.61. The molecule has 0 aliphatic carbocycles. The van der Waals surface area contributed by atoms with Crippen molar-refractivity contribution < 1.29 is 9.53 Å². The first-order valence-corrected chi connectivity index (χ1v) is 6.67. The molecule has 1 aromatic carbocycles. The van der Waals surface area contributed by atoms with E-state index in [9.17, 15) is 4.79 Å². The van der Waals surface area contributed by atoms with Crippen molar-refractivity contribution in [3.05, 3.63) is 35.4 Å². The average Bonchev–Trinajstić information content (AvgIpc) is 2.37. The molecule has 3 heteroatoms. The van der Waals surface area contributed by atoms with Crippen molar-refractivity contribution >= 4 is 5.97 Å². The van der Waals surface area contributed by atoms with Gasteiger partial charge in [-0.1, -0.05) is 37.6 Å². The highest BCUT2D eigenvalue weighted by Crippen LogP contribution is 2.17. The van der Waals surface area contributed by atoms with Gasteiger partial charge >= 0.3 is 5.97 Å². The van der Waals surface area contributed by atoms with Crippen LogP contribution in [0.3, 0.4) is 0 Å². The first kappa shape index (κ1) is 14.7. The number of ether oxygens (including phenoxy) is 1. The van der Waals surface area contributed by atoms with Gasteiger partial charge in [-0.2, -0.15) is 0 Å². The molecule has 0 aliphatic rings. The summed E-state index contributed by atoms with van der Waals surface area (Å²) in [6.07, 6.45) is 3.66. The van der Waals surface area contributed by atoms with Gasteiger partial charge in [-0.05, 0) is 30.9 Å². The number of unbranched alkanes of at least 4 members (excludes halogenated alkanes) is 1. The second kappa shape index (κ2) is 7.88. The molecule has 0 radical (unpaired) electrons. The lowest BCUT2D eigenvalue weighted by atomic mass is 10.00. The molecule has 0 aliphatic heterocycles. The molecule has 0 amide bonds. The second-order valence-electron chi connectivity index (χ2n) is 4.46. The minimum absolute atomic E-state index is 0.232. The number of aryl methyl sites for hydroxylation is 1. The van der Waals surface area contributed by atoms with Gasteiger partial charge < -0.3 is 10.5 Å². The van der Waals surface area contributed by atoms with Crippen LogP contribution in [0.5, 0.6) is 0 Å². The van der Waals surface area contributed by atoms with Crippen LogP contribution < -0.4 is 5.73 Å². The molecule has 0 bridgehead atoms. The summed E-state index contributed by atoms with van der Waals surface area (Å²) in [6.45, 7) is 4.38. The van der Waals surface area contributed by atoms with E-state index in [2.05, 4.69) is 19.1 Å². The maximum atomic E-state index is 11.4. The molecule has 100 valence electrons. The van der Waals surface area contributed by atoms with Crippen molar-refractivity contribution in [2.75, 3.05) is 6.61 Å². The first-order valence-electron chi connectivity index (χ1n) is 6.67. The molecular formula is C15H23NO2. The smallest absolute Gasteiger partial charge is 0.307 e. The molecule has 0 heterocycles. The van der Waals surface area contributed by atoms with Crippen LogP contribution in [0.4, 0.5) is 0 Å². The minimum Gasteiger partial charge on any atom is -0.466 e. The van der Waals surface area contributed by atoms with E-state index < -0.39 is 0 Å². The predicted molar refractivity (Wildman–Crippen MR) is 73.2 cm³/mol. The lowest BCUT2D eigenvalue weighted by molar-refractivity contribution is -0.143. The van der Waals surface area contributed by atoms with Crippen molar-refractivity contribution in [1.29, 1.82) is 0 Å². The van der Waals surface area contributed by atoms with Crippen molar-refractivity contribution in [2.24, 2.45) is 5.73 Å². The van der Waals surface area contributed by atoms with E-state index >= 15 is 0 Å². The standard InChI is InChI=1S/C15H23NO2/c1-3-5-7-12-8-6-9-13(10-12)14(16)11-15(17)18-4-2/h6,8-10,14H,3-5,7,11,16H2,1-2H3/t14-/m0/s1. The Morgan fingerprint density at radius 3 is 2.83 bits per heavy atom. The third-order valence-electron chi connectivity index (χ3n) is 2.89. The minimum atomic E-state index is -0.273. The van der Waals surface area contributed by atoms with Crippen LogP contribution in [0.2, 0.25) is 0 Å². The van der Waals surface area contributed by atoms with Gasteiger partial charge in [0.05, 0.1) is 13.0 Å². The number of benzene rings is 1. The largest absolute Gasteiger partial charge is 0.466 e. The Kier molecular flexibility index (Phi) is 6.44. The summed E-state index contributed by atoms with van der Waals surface area (Å²) < 4.78 is 4.91. The predicted octanol–water partition coefficient (Wildman–Crippen LogP) is 2.98. The van der Waals surface area contributed by atoms with E-state index in [4.69, 9.17) is 10.5 Å². The Bertz CT molecular complexity index is 377. The third kappa shape index (κ3) is 4.88. The lowest BCUT2D eigenvalue weighted by Gasteiger charge is -2.12. The van der Waals surface area contributed by atoms with Gasteiger partial charge in [0.1, 0.15) is 0 Å². The van der Waals surface area contributed by atoms with Crippen LogP contribution in [0.1, 0.15) is 50.3 Å². The molecule has 1 aromatic rings. The summed E-state index contributed by atoms with van der Waals surface area (Å²) in [7, 11) is 0. The maximum Gasteiger partial charge on any atom is 0.307 e. The molecular weight excluding hydrogens is 226 g/mol. The van der Waals surface area contributed by atoms with Crippen LogP contribution in [0.25, 0.3) is 0 Å². The number of hydrogen-bond donors (Lipinski definition) is 1. The first-order chi connectivity index (χ1) is 8.67. The Labute approximate surface area is 109 Å². The van der Waals surface area contributed by atoms with Gasteiger partial charge in [-0.3, -0.25) is 4.79 Å². The molecule has 1 rings (SSSR count). The highest BCUT2D eigenvalue weighted by atomic mass is 16.5. The van der Waals surface area contributed by atoms with E-state index in [-0.39, 0.29) is 18.4 Å². The number of nitrogens with two attached hydrogens (primary N) is 1. The number of carbonyl (C=O) groups is 1. The number of hydrogen-bond acceptors (Lipinski definition) is 3. The number of esters is 1. The zero-order valence-electron chi connectivity index (χ0n) is 11.3. The van der Waals surface area contributed by atoms with E-state index in [1.807, 2.05) is 12.1 Å². The van der Waals surface area contributed by atoms with Gasteiger partial charge in [0.15, 0.2) is 0 Å². The van der Waals surface area contributed by atoms with Crippen molar-refractivity contribution in [3.8, 4) is 0 Å². The van der Waals surface area contributed by atoms with Crippen LogP contribution >= 0.6 is 0 Å². The molecule has 0 fully saturated rings. The third-order valence-corrected chi connectivity index (χ3v) is 2.89. The molecule has 0 spiro atoms. The molecule has 0 aromatic heterocycles. The van der Waals surface area contributed by atoms with Gasteiger partial charge in [-0.15, -0.1) is 0 Å². The fourth-order valence-corrected chi connectivity index (χ4v) is 1.88. The summed E-state index contributed by atoms with van der Waals surface area (Å²) in [4.78, 5) is 11.4. The molecule has 3 nitrogen and oxygen atoms in total. The maximum absolute atomic E-state index is 11.4. The zero-order valence-corrected chi connectivity index (χ0v) is 11.3. The topological polar surface area (TPSA) is 52.3 Å². The zero-order chi connectivity index (χ0) is 13.4. The normalized spacial score (nSPS) is 12.2. The Hall–Kier alpha value is -1.35. The van der Waals surface area contributed by atoms with E-state index in [0.717, 1.165) is 12.0 Å². The van der Waals surface area contributed by atoms with Gasteiger partial charge in [0, 0.05) is 6.04 Å². The van der Waals surface area contributed by atoms with Crippen LogP contribution in [-0.2, 0) is 16.0 Å². The highest BCUT2D eigenvalue weighted by molar-refractivity contribution is 5.70. The monoisotopic (exact) mass is 249 g/mol. The SMILES string of the molecule is CCCCc1cccc([C@@H](N)CC(=O)OCC)c1. The summed E-state index contributed by atoms with van der Waals surface area (Å²) in [6, 6.07) is 7.91. The van der Waals surface area contributed by atoms with Crippen LogP contribution in [0.15, 0.2) is 24.3 Å². The average molecular weight is 249 g/mol. The number of rotatable bonds is 7. The molecule has 18 heavy (non-hydrogen) atoms. The molecule has 1 atom stereocenters. The van der Waals surface area contributed by atoms with Crippen molar-refractivity contribution in [1.82, 2.24) is 0 Å². The molecule has 0 saturated heterocycles.